The predicted octanol–water partition coefficient (Wildman–Crippen LogP) is 3.86. The van der Waals surface area contributed by atoms with E-state index in [2.05, 4.69) is 5.32 Å². The lowest BCUT2D eigenvalue weighted by atomic mass is 10.1. The molecule has 0 aromatic heterocycles. The Morgan fingerprint density at radius 3 is 2.85 bits per heavy atom. The van der Waals surface area contributed by atoms with Gasteiger partial charge in [-0.2, -0.15) is 0 Å². The van der Waals surface area contributed by atoms with Crippen LogP contribution in [-0.2, 0) is 11.3 Å². The summed E-state index contributed by atoms with van der Waals surface area (Å²) in [6.45, 7) is 2.40. The summed E-state index contributed by atoms with van der Waals surface area (Å²) in [5, 5.41) is 3.68. The zero-order valence-electron chi connectivity index (χ0n) is 14.9. The molecule has 144 valence electrons. The Bertz CT molecular complexity index is 760. The van der Waals surface area contributed by atoms with Crippen LogP contribution in [0.2, 0.25) is 5.02 Å². The first kappa shape index (κ1) is 19.5. The van der Waals surface area contributed by atoms with Gasteiger partial charge in [-0.05, 0) is 30.2 Å². The highest BCUT2D eigenvalue weighted by molar-refractivity contribution is 6.30. The quantitative estimate of drug-likeness (QED) is 0.811. The number of nitrogens with one attached hydrogen (secondary N) is 1. The van der Waals surface area contributed by atoms with Crippen LogP contribution in [0.3, 0.4) is 0 Å². The van der Waals surface area contributed by atoms with Gasteiger partial charge in [0.05, 0.1) is 6.61 Å². The van der Waals surface area contributed by atoms with Gasteiger partial charge in [0.15, 0.2) is 11.6 Å². The van der Waals surface area contributed by atoms with Crippen LogP contribution >= 0.6 is 11.6 Å². The summed E-state index contributed by atoms with van der Waals surface area (Å²) in [4.78, 5) is 14.0. The van der Waals surface area contributed by atoms with Crippen LogP contribution < -0.4 is 10.1 Å². The Labute approximate surface area is 163 Å². The van der Waals surface area contributed by atoms with Crippen molar-refractivity contribution in [2.24, 2.45) is 0 Å². The summed E-state index contributed by atoms with van der Waals surface area (Å²) >= 11 is 5.73. The normalized spacial score (nSPS) is 16.8. The second kappa shape index (κ2) is 9.58. The number of ether oxygens (including phenoxy) is 2. The van der Waals surface area contributed by atoms with Gasteiger partial charge in [-0.3, -0.25) is 0 Å². The monoisotopic (exact) mass is 392 g/mol. The number of piperazine rings is 1. The lowest BCUT2D eigenvalue weighted by molar-refractivity contribution is 0.0826. The van der Waals surface area contributed by atoms with Crippen molar-refractivity contribution in [3.63, 3.8) is 0 Å². The van der Waals surface area contributed by atoms with Gasteiger partial charge in [-0.1, -0.05) is 41.9 Å². The summed E-state index contributed by atoms with van der Waals surface area (Å²) in [6.07, 6.45) is 0.319. The van der Waals surface area contributed by atoms with Crippen molar-refractivity contribution in [1.82, 2.24) is 10.2 Å². The van der Waals surface area contributed by atoms with Crippen LogP contribution in [0.25, 0.3) is 0 Å². The largest absolute Gasteiger partial charge is 0.490 e. The first-order chi connectivity index (χ1) is 13.1. The number of halogens is 2. The van der Waals surface area contributed by atoms with Crippen molar-refractivity contribution < 1.29 is 18.7 Å². The molecule has 1 saturated heterocycles. The van der Waals surface area contributed by atoms with Crippen LogP contribution in [0, 0.1) is 5.82 Å². The molecule has 5 nitrogen and oxygen atoms in total. The topological polar surface area (TPSA) is 50.8 Å². The van der Waals surface area contributed by atoms with E-state index in [9.17, 15) is 9.18 Å². The van der Waals surface area contributed by atoms with Crippen molar-refractivity contribution in [3.05, 3.63) is 64.9 Å². The Morgan fingerprint density at radius 2 is 2.07 bits per heavy atom. The van der Waals surface area contributed by atoms with E-state index in [1.807, 2.05) is 30.3 Å². The van der Waals surface area contributed by atoms with E-state index in [0.29, 0.717) is 37.7 Å². The van der Waals surface area contributed by atoms with Gasteiger partial charge in [-0.25, -0.2) is 9.18 Å². The summed E-state index contributed by atoms with van der Waals surface area (Å²) < 4.78 is 24.6. The molecule has 1 heterocycles. The molecule has 0 aliphatic carbocycles. The highest BCUT2D eigenvalue weighted by Gasteiger charge is 2.24. The van der Waals surface area contributed by atoms with E-state index in [1.165, 1.54) is 12.1 Å². The number of amides is 1. The summed E-state index contributed by atoms with van der Waals surface area (Å²) in [5.41, 5.74) is 0.955. The summed E-state index contributed by atoms with van der Waals surface area (Å²) in [6, 6.07) is 14.0. The highest BCUT2D eigenvalue weighted by atomic mass is 35.5. The smallest absolute Gasteiger partial charge is 0.410 e. The fourth-order valence-corrected chi connectivity index (χ4v) is 3.06. The molecule has 2 aromatic carbocycles. The average molecular weight is 393 g/mol. The van der Waals surface area contributed by atoms with Gasteiger partial charge in [0.1, 0.15) is 6.61 Å². The van der Waals surface area contributed by atoms with Crippen LogP contribution in [0.5, 0.6) is 5.75 Å². The minimum atomic E-state index is -0.481. The number of hydrogen-bond donors (Lipinski definition) is 1. The third-order valence-corrected chi connectivity index (χ3v) is 4.57. The third-order valence-electron chi connectivity index (χ3n) is 4.34. The maximum absolute atomic E-state index is 13.7. The maximum Gasteiger partial charge on any atom is 0.410 e. The van der Waals surface area contributed by atoms with E-state index >= 15 is 0 Å². The van der Waals surface area contributed by atoms with Crippen molar-refractivity contribution in [1.29, 1.82) is 0 Å². The van der Waals surface area contributed by atoms with Gasteiger partial charge in [0.2, 0.25) is 0 Å². The molecule has 1 atom stereocenters. The molecule has 7 heteroatoms. The fourth-order valence-electron chi connectivity index (χ4n) is 2.90. The number of hydrogen-bond acceptors (Lipinski definition) is 4. The average Bonchev–Trinajstić information content (AvgIpc) is 2.69. The molecule has 1 aliphatic heterocycles. The number of nitrogens with zero attached hydrogens (tertiary/aromatic N) is 1. The van der Waals surface area contributed by atoms with E-state index < -0.39 is 5.82 Å². The standard InChI is InChI=1S/C20H22ClFN2O3/c21-16-6-7-19(18(22)12-16)26-11-8-17-13-24(10-9-23-17)20(25)27-14-15-4-2-1-3-5-15/h1-7,12,17,23H,8-11,13-14H2/t17-/m1/s1. The number of rotatable bonds is 6. The minimum absolute atomic E-state index is 0.0680. The third kappa shape index (κ3) is 5.84. The molecule has 2 aromatic rings. The van der Waals surface area contributed by atoms with Crippen LogP contribution in [0.15, 0.2) is 48.5 Å². The minimum Gasteiger partial charge on any atom is -0.490 e. The van der Waals surface area contributed by atoms with Crippen molar-refractivity contribution in [2.45, 2.75) is 19.1 Å². The number of carbonyl (C=O) groups excluding carboxylic acids is 1. The van der Waals surface area contributed by atoms with Crippen LogP contribution in [-0.4, -0.2) is 43.3 Å². The van der Waals surface area contributed by atoms with Crippen molar-refractivity contribution >= 4 is 17.7 Å². The maximum atomic E-state index is 13.7. The van der Waals surface area contributed by atoms with Crippen LogP contribution in [0.1, 0.15) is 12.0 Å². The van der Waals surface area contributed by atoms with Crippen molar-refractivity contribution in [3.8, 4) is 5.75 Å². The number of benzene rings is 2. The van der Waals surface area contributed by atoms with Crippen LogP contribution in [0.4, 0.5) is 9.18 Å². The SMILES string of the molecule is O=C(OCc1ccccc1)N1CCN[C@H](CCOc2ccc(Cl)cc2F)C1. The van der Waals surface area contributed by atoms with E-state index in [1.54, 1.807) is 11.0 Å². The summed E-state index contributed by atoms with van der Waals surface area (Å²) in [5.74, 6) is -0.306. The molecule has 1 amide bonds. The Balaban J connectivity index is 1.42. The summed E-state index contributed by atoms with van der Waals surface area (Å²) in [7, 11) is 0. The Hall–Kier alpha value is -2.31. The lowest BCUT2D eigenvalue weighted by Crippen LogP contribution is -2.53. The first-order valence-corrected chi connectivity index (χ1v) is 9.26. The molecule has 0 bridgehead atoms. The Kier molecular flexibility index (Phi) is 6.90. The van der Waals surface area contributed by atoms with Gasteiger partial charge >= 0.3 is 6.09 Å². The molecule has 1 N–H and O–H groups in total. The zero-order valence-corrected chi connectivity index (χ0v) is 15.6. The highest BCUT2D eigenvalue weighted by Crippen LogP contribution is 2.21. The van der Waals surface area contributed by atoms with Gasteiger partial charge in [0, 0.05) is 30.7 Å². The van der Waals surface area contributed by atoms with Gasteiger partial charge in [-0.15, -0.1) is 0 Å². The zero-order chi connectivity index (χ0) is 19.1. The second-order valence-corrected chi connectivity index (χ2v) is 6.79. The molecule has 0 saturated carbocycles. The molecule has 1 fully saturated rings. The molecular formula is C20H22ClFN2O3. The van der Waals surface area contributed by atoms with E-state index in [4.69, 9.17) is 21.1 Å². The fraction of sp³-hybridized carbons (Fsp3) is 0.350. The second-order valence-electron chi connectivity index (χ2n) is 6.35. The van der Waals surface area contributed by atoms with Gasteiger partial charge < -0.3 is 19.7 Å². The number of carbonyl (C=O) groups is 1. The predicted molar refractivity (Wildman–Crippen MR) is 102 cm³/mol. The molecule has 0 spiro atoms. The van der Waals surface area contributed by atoms with Crippen molar-refractivity contribution in [2.75, 3.05) is 26.2 Å². The first-order valence-electron chi connectivity index (χ1n) is 8.88. The molecular weight excluding hydrogens is 371 g/mol. The lowest BCUT2D eigenvalue weighted by Gasteiger charge is -2.33. The molecule has 3 rings (SSSR count). The molecule has 0 unspecified atom stereocenters. The Morgan fingerprint density at radius 1 is 1.26 bits per heavy atom. The van der Waals surface area contributed by atoms with E-state index in [-0.39, 0.29) is 24.5 Å². The molecule has 0 radical (unpaired) electrons. The molecule has 1 aliphatic rings. The van der Waals surface area contributed by atoms with E-state index in [0.717, 1.165) is 5.56 Å². The molecule has 27 heavy (non-hydrogen) atoms. The van der Waals surface area contributed by atoms with Gasteiger partial charge in [0.25, 0.3) is 0 Å².